The van der Waals surface area contributed by atoms with E-state index in [0.29, 0.717) is 0 Å². The molecule has 3 heteroatoms. The van der Waals surface area contributed by atoms with Crippen LogP contribution in [0.15, 0.2) is 22.7 Å². The second kappa shape index (κ2) is 3.26. The molecule has 0 atom stereocenters. The number of hydrogen-bond donors (Lipinski definition) is 1. The Morgan fingerprint density at radius 1 is 1.38 bits per heavy atom. The zero-order chi connectivity index (χ0) is 9.47. The fraction of sp³-hybridized carbons (Fsp3) is 0.400. The topological polar surface area (TPSA) is 26.0 Å². The molecule has 2 rings (SSSR count). The number of halogens is 2. The van der Waals surface area contributed by atoms with Gasteiger partial charge in [0.05, 0.1) is 5.02 Å². The van der Waals surface area contributed by atoms with Crippen molar-refractivity contribution in [2.75, 3.05) is 0 Å². The van der Waals surface area contributed by atoms with E-state index in [9.17, 15) is 0 Å². The minimum atomic E-state index is -0.107. The van der Waals surface area contributed by atoms with E-state index in [2.05, 4.69) is 22.0 Å². The largest absolute Gasteiger partial charge is 0.321 e. The first-order chi connectivity index (χ1) is 6.12. The summed E-state index contributed by atoms with van der Waals surface area (Å²) in [5, 5.41) is 0.745. The van der Waals surface area contributed by atoms with E-state index in [4.69, 9.17) is 17.3 Å². The zero-order valence-electron chi connectivity index (χ0n) is 7.19. The number of benzene rings is 1. The van der Waals surface area contributed by atoms with Crippen molar-refractivity contribution in [2.45, 2.75) is 24.8 Å². The van der Waals surface area contributed by atoms with Crippen molar-refractivity contribution in [2.24, 2.45) is 5.73 Å². The van der Waals surface area contributed by atoms with Crippen LogP contribution in [-0.4, -0.2) is 0 Å². The third-order valence-corrected chi connectivity index (χ3v) is 3.97. The molecule has 1 aromatic rings. The van der Waals surface area contributed by atoms with Gasteiger partial charge in [-0.05, 0) is 52.9 Å². The van der Waals surface area contributed by atoms with Crippen LogP contribution in [0.5, 0.6) is 0 Å². The van der Waals surface area contributed by atoms with Gasteiger partial charge in [0.2, 0.25) is 0 Å². The molecule has 0 bridgehead atoms. The molecule has 0 radical (unpaired) electrons. The molecule has 0 unspecified atom stereocenters. The predicted molar refractivity (Wildman–Crippen MR) is 58.9 cm³/mol. The predicted octanol–water partition coefficient (Wildman–Crippen LogP) is 3.44. The van der Waals surface area contributed by atoms with Crippen molar-refractivity contribution < 1.29 is 0 Å². The molecule has 1 nitrogen and oxygen atoms in total. The standard InChI is InChI=1S/C10H11BrClN/c11-8-3-2-7(6-9(8)12)10(13)4-1-5-10/h2-3,6H,1,4-5,13H2. The molecule has 0 aliphatic heterocycles. The van der Waals surface area contributed by atoms with Gasteiger partial charge in [0.25, 0.3) is 0 Å². The highest BCUT2D eigenvalue weighted by Gasteiger charge is 2.34. The molecule has 1 aromatic carbocycles. The van der Waals surface area contributed by atoms with E-state index in [-0.39, 0.29) is 5.54 Å². The van der Waals surface area contributed by atoms with E-state index in [0.717, 1.165) is 27.9 Å². The van der Waals surface area contributed by atoms with Gasteiger partial charge < -0.3 is 5.73 Å². The number of hydrogen-bond acceptors (Lipinski definition) is 1. The van der Waals surface area contributed by atoms with Gasteiger partial charge in [-0.1, -0.05) is 17.7 Å². The second-order valence-corrected chi connectivity index (χ2v) is 4.90. The first-order valence-corrected chi connectivity index (χ1v) is 5.53. The lowest BCUT2D eigenvalue weighted by atomic mass is 9.73. The summed E-state index contributed by atoms with van der Waals surface area (Å²) in [4.78, 5) is 0. The van der Waals surface area contributed by atoms with Gasteiger partial charge in [0.1, 0.15) is 0 Å². The molecular formula is C10H11BrClN. The van der Waals surface area contributed by atoms with Gasteiger partial charge in [-0.3, -0.25) is 0 Å². The van der Waals surface area contributed by atoms with Crippen LogP contribution in [0.3, 0.4) is 0 Å². The quantitative estimate of drug-likeness (QED) is 0.822. The highest BCUT2D eigenvalue weighted by atomic mass is 79.9. The lowest BCUT2D eigenvalue weighted by Gasteiger charge is -2.38. The zero-order valence-corrected chi connectivity index (χ0v) is 9.53. The molecule has 1 saturated carbocycles. The van der Waals surface area contributed by atoms with Gasteiger partial charge in [-0.25, -0.2) is 0 Å². The molecule has 0 aromatic heterocycles. The lowest BCUT2D eigenvalue weighted by molar-refractivity contribution is 0.253. The summed E-state index contributed by atoms with van der Waals surface area (Å²) in [6.07, 6.45) is 3.38. The Bertz CT molecular complexity index is 334. The van der Waals surface area contributed by atoms with Crippen molar-refractivity contribution >= 4 is 27.5 Å². The number of rotatable bonds is 1. The molecule has 0 spiro atoms. The SMILES string of the molecule is NC1(c2ccc(Br)c(Cl)c2)CCC1. The normalized spacial score (nSPS) is 19.6. The third kappa shape index (κ3) is 1.63. The Hall–Kier alpha value is -0.0500. The lowest BCUT2D eigenvalue weighted by Crippen LogP contribution is -2.43. The summed E-state index contributed by atoms with van der Waals surface area (Å²) >= 11 is 9.36. The molecular weight excluding hydrogens is 249 g/mol. The fourth-order valence-electron chi connectivity index (χ4n) is 1.65. The minimum Gasteiger partial charge on any atom is -0.321 e. The molecule has 0 saturated heterocycles. The summed E-state index contributed by atoms with van der Waals surface area (Å²) in [5.41, 5.74) is 7.22. The van der Waals surface area contributed by atoms with Crippen molar-refractivity contribution in [3.05, 3.63) is 33.3 Å². The highest BCUT2D eigenvalue weighted by Crippen LogP contribution is 2.40. The van der Waals surface area contributed by atoms with E-state index >= 15 is 0 Å². The maximum absolute atomic E-state index is 6.17. The van der Waals surface area contributed by atoms with Crippen LogP contribution in [0, 0.1) is 0 Å². The van der Waals surface area contributed by atoms with Gasteiger partial charge in [0.15, 0.2) is 0 Å². The van der Waals surface area contributed by atoms with Gasteiger partial charge in [-0.2, -0.15) is 0 Å². The Morgan fingerprint density at radius 3 is 2.54 bits per heavy atom. The Morgan fingerprint density at radius 2 is 2.08 bits per heavy atom. The third-order valence-electron chi connectivity index (χ3n) is 2.74. The van der Waals surface area contributed by atoms with Crippen molar-refractivity contribution in [3.63, 3.8) is 0 Å². The number of nitrogens with two attached hydrogens (primary N) is 1. The average molecular weight is 261 g/mol. The second-order valence-electron chi connectivity index (χ2n) is 3.64. The Kier molecular flexibility index (Phi) is 2.39. The smallest absolute Gasteiger partial charge is 0.0551 e. The monoisotopic (exact) mass is 259 g/mol. The summed E-state index contributed by atoms with van der Waals surface area (Å²) < 4.78 is 0.931. The van der Waals surface area contributed by atoms with Crippen molar-refractivity contribution in [1.29, 1.82) is 0 Å². The Balaban J connectivity index is 2.36. The fourth-order valence-corrected chi connectivity index (χ4v) is 2.08. The summed E-state index contributed by atoms with van der Waals surface area (Å²) in [5.74, 6) is 0. The molecule has 2 N–H and O–H groups in total. The molecule has 70 valence electrons. The average Bonchev–Trinajstić information content (AvgIpc) is 2.06. The summed E-state index contributed by atoms with van der Waals surface area (Å²) in [7, 11) is 0. The minimum absolute atomic E-state index is 0.107. The van der Waals surface area contributed by atoms with Crippen LogP contribution in [-0.2, 0) is 5.54 Å². The maximum Gasteiger partial charge on any atom is 0.0551 e. The van der Waals surface area contributed by atoms with Crippen LogP contribution in [0.2, 0.25) is 5.02 Å². The van der Waals surface area contributed by atoms with Crippen LogP contribution < -0.4 is 5.73 Å². The summed E-state index contributed by atoms with van der Waals surface area (Å²) in [6, 6.07) is 5.98. The molecule has 0 amide bonds. The van der Waals surface area contributed by atoms with Gasteiger partial charge >= 0.3 is 0 Å². The van der Waals surface area contributed by atoms with Gasteiger partial charge in [-0.15, -0.1) is 0 Å². The van der Waals surface area contributed by atoms with Crippen molar-refractivity contribution in [3.8, 4) is 0 Å². The van der Waals surface area contributed by atoms with Gasteiger partial charge in [0, 0.05) is 10.0 Å². The van der Waals surface area contributed by atoms with E-state index in [1.807, 2.05) is 12.1 Å². The molecule has 0 heterocycles. The summed E-state index contributed by atoms with van der Waals surface area (Å²) in [6.45, 7) is 0. The molecule has 1 aliphatic carbocycles. The van der Waals surface area contributed by atoms with E-state index in [1.165, 1.54) is 6.42 Å². The van der Waals surface area contributed by atoms with Crippen LogP contribution in [0.4, 0.5) is 0 Å². The Labute approximate surface area is 91.4 Å². The molecule has 1 fully saturated rings. The van der Waals surface area contributed by atoms with E-state index in [1.54, 1.807) is 0 Å². The highest BCUT2D eigenvalue weighted by molar-refractivity contribution is 9.10. The van der Waals surface area contributed by atoms with Crippen LogP contribution in [0.1, 0.15) is 24.8 Å². The molecule has 1 aliphatic rings. The van der Waals surface area contributed by atoms with Crippen molar-refractivity contribution in [1.82, 2.24) is 0 Å². The van der Waals surface area contributed by atoms with Crippen LogP contribution >= 0.6 is 27.5 Å². The maximum atomic E-state index is 6.17. The first-order valence-electron chi connectivity index (χ1n) is 4.36. The van der Waals surface area contributed by atoms with Crippen LogP contribution in [0.25, 0.3) is 0 Å². The first kappa shape index (κ1) is 9.50. The van der Waals surface area contributed by atoms with E-state index < -0.39 is 0 Å². The molecule has 13 heavy (non-hydrogen) atoms.